The number of aryl methyl sites for hydroxylation is 1. The minimum Gasteiger partial charge on any atom is -0.493 e. The molecule has 3 aromatic carbocycles. The lowest BCUT2D eigenvalue weighted by molar-refractivity contribution is -0.112. The minimum atomic E-state index is -0.564. The molecule has 0 fully saturated rings. The standard InChI is InChI=1S/C25H20ClFN2O3/c1-16-7-9-20(13-21(16)26)29-25(30)19(14-28)11-17-8-10-23(24(12-17)31-2)32-15-18-5-3-4-6-22(18)27/h3-13H,15H2,1-2H3,(H,29,30)/b19-11+. The molecule has 0 saturated carbocycles. The summed E-state index contributed by atoms with van der Waals surface area (Å²) in [4.78, 5) is 12.5. The second-order valence-electron chi connectivity index (χ2n) is 6.88. The van der Waals surface area contributed by atoms with Gasteiger partial charge in [0.1, 0.15) is 24.1 Å². The van der Waals surface area contributed by atoms with Crippen LogP contribution in [-0.4, -0.2) is 13.0 Å². The Hall–Kier alpha value is -3.82. The highest BCUT2D eigenvalue weighted by atomic mass is 35.5. The van der Waals surface area contributed by atoms with Crippen LogP contribution in [0.5, 0.6) is 11.5 Å². The van der Waals surface area contributed by atoms with Crippen LogP contribution in [0.15, 0.2) is 66.2 Å². The van der Waals surface area contributed by atoms with Crippen molar-refractivity contribution in [3.63, 3.8) is 0 Å². The van der Waals surface area contributed by atoms with Gasteiger partial charge in [0.05, 0.1) is 7.11 Å². The Morgan fingerprint density at radius 3 is 2.62 bits per heavy atom. The van der Waals surface area contributed by atoms with Gasteiger partial charge in [-0.3, -0.25) is 4.79 Å². The maximum Gasteiger partial charge on any atom is 0.266 e. The molecule has 5 nitrogen and oxygen atoms in total. The van der Waals surface area contributed by atoms with E-state index in [1.165, 1.54) is 19.3 Å². The van der Waals surface area contributed by atoms with E-state index in [2.05, 4.69) is 5.32 Å². The quantitative estimate of drug-likeness (QED) is 0.358. The number of nitrogens with zero attached hydrogens (tertiary/aromatic N) is 1. The fourth-order valence-corrected chi connectivity index (χ4v) is 3.03. The number of benzene rings is 3. The van der Waals surface area contributed by atoms with Crippen LogP contribution in [0, 0.1) is 24.1 Å². The van der Waals surface area contributed by atoms with Gasteiger partial charge in [-0.1, -0.05) is 41.9 Å². The predicted octanol–water partition coefficient (Wildman–Crippen LogP) is 5.92. The van der Waals surface area contributed by atoms with Crippen molar-refractivity contribution in [2.45, 2.75) is 13.5 Å². The molecule has 0 spiro atoms. The van der Waals surface area contributed by atoms with Crippen molar-refractivity contribution in [3.05, 3.63) is 93.8 Å². The smallest absolute Gasteiger partial charge is 0.266 e. The van der Waals surface area contributed by atoms with Gasteiger partial charge in [-0.25, -0.2) is 4.39 Å². The second kappa shape index (κ2) is 10.5. The van der Waals surface area contributed by atoms with Crippen LogP contribution in [-0.2, 0) is 11.4 Å². The molecule has 0 atom stereocenters. The Bertz CT molecular complexity index is 1220. The Kier molecular flexibility index (Phi) is 7.48. The van der Waals surface area contributed by atoms with Crippen LogP contribution in [0.3, 0.4) is 0 Å². The van der Waals surface area contributed by atoms with Gasteiger partial charge in [-0.2, -0.15) is 5.26 Å². The van der Waals surface area contributed by atoms with E-state index in [0.29, 0.717) is 33.3 Å². The third-order valence-corrected chi connectivity index (χ3v) is 5.04. The molecule has 1 N–H and O–H groups in total. The predicted molar refractivity (Wildman–Crippen MR) is 122 cm³/mol. The molecule has 0 heterocycles. The minimum absolute atomic E-state index is 0.0309. The molecule has 0 unspecified atom stereocenters. The van der Waals surface area contributed by atoms with Crippen molar-refractivity contribution >= 4 is 29.3 Å². The zero-order valence-electron chi connectivity index (χ0n) is 17.5. The third-order valence-electron chi connectivity index (χ3n) is 4.63. The van der Waals surface area contributed by atoms with Gasteiger partial charge in [0.15, 0.2) is 11.5 Å². The molecule has 1 amide bonds. The van der Waals surface area contributed by atoms with Crippen LogP contribution >= 0.6 is 11.6 Å². The van der Waals surface area contributed by atoms with E-state index in [1.807, 2.05) is 13.0 Å². The van der Waals surface area contributed by atoms with Gasteiger partial charge < -0.3 is 14.8 Å². The summed E-state index contributed by atoms with van der Waals surface area (Å²) in [5, 5.41) is 12.6. The Morgan fingerprint density at radius 2 is 1.94 bits per heavy atom. The summed E-state index contributed by atoms with van der Waals surface area (Å²) in [5.41, 5.74) is 2.25. The molecule has 0 aliphatic carbocycles. The molecule has 0 bridgehead atoms. The van der Waals surface area contributed by atoms with E-state index in [9.17, 15) is 14.4 Å². The third kappa shape index (κ3) is 5.65. The van der Waals surface area contributed by atoms with Crippen molar-refractivity contribution in [2.75, 3.05) is 12.4 Å². The number of halogens is 2. The zero-order valence-corrected chi connectivity index (χ0v) is 18.2. The largest absolute Gasteiger partial charge is 0.493 e. The molecule has 3 rings (SSSR count). The number of carbonyl (C=O) groups is 1. The zero-order chi connectivity index (χ0) is 23.1. The first-order valence-electron chi connectivity index (χ1n) is 9.65. The summed E-state index contributed by atoms with van der Waals surface area (Å²) in [7, 11) is 1.47. The SMILES string of the molecule is COc1cc(/C=C(\C#N)C(=O)Nc2ccc(C)c(Cl)c2)ccc1OCc1ccccc1F. The lowest BCUT2D eigenvalue weighted by Gasteiger charge is -2.12. The van der Waals surface area contributed by atoms with Crippen molar-refractivity contribution in [1.82, 2.24) is 0 Å². The average Bonchev–Trinajstić information content (AvgIpc) is 2.79. The molecule has 162 valence electrons. The maximum atomic E-state index is 13.8. The number of amides is 1. The summed E-state index contributed by atoms with van der Waals surface area (Å²) >= 11 is 6.08. The fraction of sp³-hybridized carbons (Fsp3) is 0.120. The number of nitriles is 1. The van der Waals surface area contributed by atoms with Crippen LogP contribution in [0.1, 0.15) is 16.7 Å². The number of hydrogen-bond acceptors (Lipinski definition) is 4. The van der Waals surface area contributed by atoms with Gasteiger partial charge >= 0.3 is 0 Å². The number of nitrogens with one attached hydrogen (secondary N) is 1. The average molecular weight is 451 g/mol. The van der Waals surface area contributed by atoms with E-state index < -0.39 is 5.91 Å². The molecule has 32 heavy (non-hydrogen) atoms. The molecule has 0 aromatic heterocycles. The monoisotopic (exact) mass is 450 g/mol. The van der Waals surface area contributed by atoms with Crippen LogP contribution in [0.25, 0.3) is 6.08 Å². The molecule has 3 aromatic rings. The maximum absolute atomic E-state index is 13.8. The molecular formula is C25H20ClFN2O3. The van der Waals surface area contributed by atoms with Gasteiger partial charge in [0.2, 0.25) is 0 Å². The van der Waals surface area contributed by atoms with Crippen LogP contribution < -0.4 is 14.8 Å². The topological polar surface area (TPSA) is 71.3 Å². The summed E-state index contributed by atoms with van der Waals surface area (Å²) in [6.07, 6.45) is 1.44. The lowest BCUT2D eigenvalue weighted by atomic mass is 10.1. The first-order valence-corrected chi connectivity index (χ1v) is 10.0. The van der Waals surface area contributed by atoms with Crippen LogP contribution in [0.4, 0.5) is 10.1 Å². The molecule has 0 radical (unpaired) electrons. The molecular weight excluding hydrogens is 431 g/mol. The first kappa shape index (κ1) is 22.9. The lowest BCUT2D eigenvalue weighted by Crippen LogP contribution is -2.13. The molecule has 7 heteroatoms. The summed E-state index contributed by atoms with van der Waals surface area (Å²) in [6.45, 7) is 1.88. The van der Waals surface area contributed by atoms with E-state index in [0.717, 1.165) is 5.56 Å². The van der Waals surface area contributed by atoms with Gasteiger partial charge in [0, 0.05) is 16.3 Å². The Balaban J connectivity index is 1.76. The summed E-state index contributed by atoms with van der Waals surface area (Å²) in [6, 6.07) is 18.3. The molecule has 0 aliphatic rings. The number of rotatable bonds is 7. The molecule has 0 aliphatic heterocycles. The van der Waals surface area contributed by atoms with Gasteiger partial charge in [-0.15, -0.1) is 0 Å². The van der Waals surface area contributed by atoms with E-state index in [1.54, 1.807) is 54.6 Å². The highest BCUT2D eigenvalue weighted by Gasteiger charge is 2.12. The Labute approximate surface area is 190 Å². The van der Waals surface area contributed by atoms with Crippen molar-refractivity contribution in [1.29, 1.82) is 5.26 Å². The van der Waals surface area contributed by atoms with E-state index >= 15 is 0 Å². The van der Waals surface area contributed by atoms with Gasteiger partial charge in [-0.05, 0) is 54.5 Å². The van der Waals surface area contributed by atoms with Crippen molar-refractivity contribution in [2.24, 2.45) is 0 Å². The second-order valence-corrected chi connectivity index (χ2v) is 7.29. The van der Waals surface area contributed by atoms with Gasteiger partial charge in [0.25, 0.3) is 5.91 Å². The van der Waals surface area contributed by atoms with Crippen LogP contribution in [0.2, 0.25) is 5.02 Å². The highest BCUT2D eigenvalue weighted by Crippen LogP contribution is 2.30. The van der Waals surface area contributed by atoms with E-state index in [-0.39, 0.29) is 18.0 Å². The number of anilines is 1. The number of methoxy groups -OCH3 is 1. The number of carbonyl (C=O) groups excluding carboxylic acids is 1. The van der Waals surface area contributed by atoms with E-state index in [4.69, 9.17) is 21.1 Å². The van der Waals surface area contributed by atoms with Crippen molar-refractivity contribution in [3.8, 4) is 17.6 Å². The number of ether oxygens (including phenoxy) is 2. The summed E-state index contributed by atoms with van der Waals surface area (Å²) < 4.78 is 24.8. The highest BCUT2D eigenvalue weighted by molar-refractivity contribution is 6.31. The first-order chi connectivity index (χ1) is 15.4. The molecule has 0 saturated heterocycles. The summed E-state index contributed by atoms with van der Waals surface area (Å²) in [5.74, 6) is -0.125. The fourth-order valence-electron chi connectivity index (χ4n) is 2.85. The van der Waals surface area contributed by atoms with Crippen molar-refractivity contribution < 1.29 is 18.7 Å². The normalized spacial score (nSPS) is 10.9. The number of hydrogen-bond donors (Lipinski definition) is 1. The Morgan fingerprint density at radius 1 is 1.16 bits per heavy atom.